The number of benzene rings is 3. The topological polar surface area (TPSA) is 59.5 Å². The van der Waals surface area contributed by atoms with Gasteiger partial charge in [0.05, 0.1) is 12.1 Å². The fourth-order valence-corrected chi connectivity index (χ4v) is 4.58. The van der Waals surface area contributed by atoms with Crippen LogP contribution in [0.15, 0.2) is 71.1 Å². The van der Waals surface area contributed by atoms with E-state index in [-0.39, 0.29) is 38.4 Å². The van der Waals surface area contributed by atoms with Crippen LogP contribution in [0.3, 0.4) is 0 Å². The summed E-state index contributed by atoms with van der Waals surface area (Å²) in [6, 6.07) is 17.1. The first-order valence-corrected chi connectivity index (χ1v) is 11.8. The highest BCUT2D eigenvalue weighted by Crippen LogP contribution is 2.38. The van der Waals surface area contributed by atoms with Crippen molar-refractivity contribution in [1.82, 2.24) is 4.90 Å². The molecule has 1 saturated heterocycles. The molecular formula is C28H23F5N2O2. The quantitative estimate of drug-likeness (QED) is 0.295. The van der Waals surface area contributed by atoms with Gasteiger partial charge in [-0.3, -0.25) is 4.79 Å². The molecule has 1 aromatic heterocycles. The average molecular weight is 514 g/mol. The van der Waals surface area contributed by atoms with Crippen LogP contribution in [-0.2, 0) is 12.7 Å². The lowest BCUT2D eigenvalue weighted by Crippen LogP contribution is -2.42. The van der Waals surface area contributed by atoms with Crippen molar-refractivity contribution in [1.29, 1.82) is 0 Å². The summed E-state index contributed by atoms with van der Waals surface area (Å²) in [5.41, 5.74) is 8.03. The van der Waals surface area contributed by atoms with Crippen molar-refractivity contribution in [3.8, 4) is 22.3 Å². The second-order valence-corrected chi connectivity index (χ2v) is 9.16. The van der Waals surface area contributed by atoms with Gasteiger partial charge in [0.1, 0.15) is 11.3 Å². The Morgan fingerprint density at radius 1 is 0.919 bits per heavy atom. The van der Waals surface area contributed by atoms with Gasteiger partial charge in [-0.15, -0.1) is 0 Å². The van der Waals surface area contributed by atoms with E-state index in [1.165, 1.54) is 11.0 Å². The standard InChI is InChI=1S/C28H23F5N2O2/c29-27(30)8-10-35(11-9-27)26(36)18-6-4-17(5-7-18)20-12-21-14-23(16-34)37-25(21)24(15-20)19-2-1-3-22(13-19)28(31,32)33/h1-7,12-15H,8-11,16,34H2. The third kappa shape index (κ3) is 5.09. The second kappa shape index (κ2) is 9.30. The number of furan rings is 1. The molecule has 37 heavy (non-hydrogen) atoms. The van der Waals surface area contributed by atoms with E-state index in [1.807, 2.05) is 6.07 Å². The first-order chi connectivity index (χ1) is 17.5. The maximum Gasteiger partial charge on any atom is 0.416 e. The summed E-state index contributed by atoms with van der Waals surface area (Å²) in [6.07, 6.45) is -5.21. The van der Waals surface area contributed by atoms with Gasteiger partial charge in [0.15, 0.2) is 0 Å². The Labute approximate surface area is 209 Å². The molecule has 4 nitrogen and oxygen atoms in total. The van der Waals surface area contributed by atoms with Crippen molar-refractivity contribution in [3.05, 3.63) is 83.6 Å². The van der Waals surface area contributed by atoms with Crippen LogP contribution >= 0.6 is 0 Å². The SMILES string of the molecule is NCc1cc2cc(-c3ccc(C(=O)N4CCC(F)(F)CC4)cc3)cc(-c3cccc(C(F)(F)F)c3)c2o1. The number of likely N-dealkylation sites (tertiary alicyclic amines) is 1. The van der Waals surface area contributed by atoms with E-state index in [1.54, 1.807) is 42.5 Å². The monoisotopic (exact) mass is 514 g/mol. The molecule has 1 aliphatic heterocycles. The van der Waals surface area contributed by atoms with Crippen molar-refractivity contribution >= 4 is 16.9 Å². The van der Waals surface area contributed by atoms with Gasteiger partial charge in [0.2, 0.25) is 0 Å². The molecule has 3 aromatic carbocycles. The lowest BCUT2D eigenvalue weighted by atomic mass is 9.95. The molecule has 0 atom stereocenters. The Kier molecular flexibility index (Phi) is 6.27. The van der Waals surface area contributed by atoms with Gasteiger partial charge in [0.25, 0.3) is 11.8 Å². The van der Waals surface area contributed by atoms with Crippen LogP contribution in [0.2, 0.25) is 0 Å². The molecule has 0 spiro atoms. The fourth-order valence-electron chi connectivity index (χ4n) is 4.58. The zero-order valence-electron chi connectivity index (χ0n) is 19.6. The van der Waals surface area contributed by atoms with E-state index in [0.29, 0.717) is 39.0 Å². The Morgan fingerprint density at radius 3 is 2.27 bits per heavy atom. The molecule has 5 rings (SSSR count). The Bertz CT molecular complexity index is 1450. The normalized spacial score (nSPS) is 15.8. The Morgan fingerprint density at radius 2 is 1.62 bits per heavy atom. The number of carbonyl (C=O) groups excluding carboxylic acids is 1. The Hall–Kier alpha value is -3.72. The zero-order chi connectivity index (χ0) is 26.4. The van der Waals surface area contributed by atoms with E-state index >= 15 is 0 Å². The molecule has 1 fully saturated rings. The number of rotatable bonds is 4. The molecule has 0 unspecified atom stereocenters. The molecule has 192 valence electrons. The number of nitrogens with zero attached hydrogens (tertiary/aromatic N) is 1. The summed E-state index contributed by atoms with van der Waals surface area (Å²) in [5.74, 6) is -2.56. The average Bonchev–Trinajstić information content (AvgIpc) is 3.31. The van der Waals surface area contributed by atoms with Gasteiger partial charge in [0, 0.05) is 42.4 Å². The van der Waals surface area contributed by atoms with Crippen LogP contribution in [0, 0.1) is 0 Å². The molecular weight excluding hydrogens is 491 g/mol. The summed E-state index contributed by atoms with van der Waals surface area (Å²) < 4.78 is 72.8. The molecule has 0 aliphatic carbocycles. The number of nitrogens with two attached hydrogens (primary N) is 1. The van der Waals surface area contributed by atoms with Gasteiger partial charge in [-0.1, -0.05) is 24.3 Å². The van der Waals surface area contributed by atoms with Gasteiger partial charge in [-0.05, 0) is 59.2 Å². The minimum absolute atomic E-state index is 0.00539. The van der Waals surface area contributed by atoms with Crippen molar-refractivity contribution in [3.63, 3.8) is 0 Å². The molecule has 0 saturated carbocycles. The lowest BCUT2D eigenvalue weighted by molar-refractivity contribution is -0.137. The highest BCUT2D eigenvalue weighted by Gasteiger charge is 2.35. The number of hydrogen-bond acceptors (Lipinski definition) is 3. The number of halogens is 5. The molecule has 4 aromatic rings. The van der Waals surface area contributed by atoms with Crippen molar-refractivity contribution < 1.29 is 31.2 Å². The van der Waals surface area contributed by atoms with Crippen molar-refractivity contribution in [2.45, 2.75) is 31.5 Å². The maximum atomic E-state index is 13.4. The van der Waals surface area contributed by atoms with Gasteiger partial charge in [-0.25, -0.2) is 8.78 Å². The summed E-state index contributed by atoms with van der Waals surface area (Å²) in [5, 5.41) is 0.680. The summed E-state index contributed by atoms with van der Waals surface area (Å²) in [6.45, 7) is 0.119. The molecule has 2 N–H and O–H groups in total. The second-order valence-electron chi connectivity index (χ2n) is 9.16. The van der Waals surface area contributed by atoms with Gasteiger partial charge < -0.3 is 15.1 Å². The summed E-state index contributed by atoms with van der Waals surface area (Å²) in [4.78, 5) is 14.2. The molecule has 1 aliphatic rings. The van der Waals surface area contributed by atoms with Crippen LogP contribution in [0.5, 0.6) is 0 Å². The van der Waals surface area contributed by atoms with Crippen LogP contribution in [0.25, 0.3) is 33.2 Å². The van der Waals surface area contributed by atoms with E-state index < -0.39 is 17.7 Å². The fraction of sp³-hybridized carbons (Fsp3) is 0.250. The highest BCUT2D eigenvalue weighted by molar-refractivity contribution is 5.98. The number of alkyl halides is 5. The van der Waals surface area contributed by atoms with Gasteiger partial charge in [-0.2, -0.15) is 13.2 Å². The number of amides is 1. The molecule has 0 radical (unpaired) electrons. The van der Waals surface area contributed by atoms with E-state index in [2.05, 4.69) is 0 Å². The number of fused-ring (bicyclic) bond motifs is 1. The first kappa shape index (κ1) is 25.0. The zero-order valence-corrected chi connectivity index (χ0v) is 19.6. The smallest absolute Gasteiger partial charge is 0.416 e. The third-order valence-electron chi connectivity index (χ3n) is 6.62. The number of carbonyl (C=O) groups is 1. The van der Waals surface area contributed by atoms with Crippen LogP contribution < -0.4 is 5.73 Å². The first-order valence-electron chi connectivity index (χ1n) is 11.8. The largest absolute Gasteiger partial charge is 0.459 e. The van der Waals surface area contributed by atoms with Gasteiger partial charge >= 0.3 is 6.18 Å². The number of hydrogen-bond donors (Lipinski definition) is 1. The van der Waals surface area contributed by atoms with Crippen molar-refractivity contribution in [2.75, 3.05) is 13.1 Å². The highest BCUT2D eigenvalue weighted by atomic mass is 19.4. The van der Waals surface area contributed by atoms with E-state index in [0.717, 1.165) is 17.7 Å². The minimum Gasteiger partial charge on any atom is -0.459 e. The maximum absolute atomic E-state index is 13.4. The van der Waals surface area contributed by atoms with E-state index in [4.69, 9.17) is 10.2 Å². The van der Waals surface area contributed by atoms with Crippen LogP contribution in [-0.4, -0.2) is 29.8 Å². The molecule has 2 heterocycles. The molecule has 0 bridgehead atoms. The lowest BCUT2D eigenvalue weighted by Gasteiger charge is -2.31. The minimum atomic E-state index is -4.50. The summed E-state index contributed by atoms with van der Waals surface area (Å²) in [7, 11) is 0. The van der Waals surface area contributed by atoms with E-state index in [9.17, 15) is 26.7 Å². The number of piperidine rings is 1. The third-order valence-corrected chi connectivity index (χ3v) is 6.62. The predicted octanol–water partition coefficient (Wildman–Crippen LogP) is 7.12. The molecule has 9 heteroatoms. The summed E-state index contributed by atoms with van der Waals surface area (Å²) >= 11 is 0. The van der Waals surface area contributed by atoms with Crippen LogP contribution in [0.4, 0.5) is 22.0 Å². The predicted molar refractivity (Wildman–Crippen MR) is 130 cm³/mol. The van der Waals surface area contributed by atoms with Crippen LogP contribution in [0.1, 0.15) is 34.5 Å². The molecule has 1 amide bonds. The Balaban J connectivity index is 1.51. The van der Waals surface area contributed by atoms with Crippen molar-refractivity contribution in [2.24, 2.45) is 5.73 Å².